The molecule has 0 aliphatic carbocycles. The van der Waals surface area contributed by atoms with E-state index in [2.05, 4.69) is 62.1 Å². The number of carbonyl (C=O) groups excluding carboxylic acids is 1. The molecular weight excluding hydrogens is 476 g/mol. The minimum atomic E-state index is -0.281. The van der Waals surface area contributed by atoms with Crippen LogP contribution in [-0.2, 0) is 11.3 Å². The van der Waals surface area contributed by atoms with Crippen LogP contribution in [0.5, 0.6) is 0 Å². The molecule has 3 aliphatic heterocycles. The Bertz CT molecular complexity index is 1610. The van der Waals surface area contributed by atoms with Gasteiger partial charge in [-0.3, -0.25) is 14.4 Å². The van der Waals surface area contributed by atoms with Crippen LogP contribution in [0.3, 0.4) is 0 Å². The van der Waals surface area contributed by atoms with Gasteiger partial charge in [-0.15, -0.1) is 0 Å². The Morgan fingerprint density at radius 1 is 1.13 bits per heavy atom. The first-order valence-electron chi connectivity index (χ1n) is 13.0. The standard InChI is InChI=1S/C30H28N6O2/c1-30(2)10-12-34(30)18-25-19-36(29(37)38-25)24-8-9-26-22(14-24)17-33-16-21(20-4-6-23(31-3)7-5-20)15-27(33)28-32-11-13-35(26)28/h4-9,11,13-16,25H,10,12,17-19H2,1-2H3/t25-/m1/s1. The van der Waals surface area contributed by atoms with Gasteiger partial charge in [0, 0.05) is 55.0 Å². The zero-order valence-corrected chi connectivity index (χ0v) is 21.5. The average molecular weight is 505 g/mol. The van der Waals surface area contributed by atoms with Crippen LogP contribution in [0.15, 0.2) is 67.1 Å². The molecule has 2 saturated heterocycles. The maximum atomic E-state index is 12.9. The maximum absolute atomic E-state index is 12.9. The fraction of sp³-hybridized carbons (Fsp3) is 0.300. The van der Waals surface area contributed by atoms with Gasteiger partial charge in [-0.1, -0.05) is 24.3 Å². The molecule has 190 valence electrons. The summed E-state index contributed by atoms with van der Waals surface area (Å²) >= 11 is 0. The molecule has 0 radical (unpaired) electrons. The van der Waals surface area contributed by atoms with Crippen LogP contribution >= 0.6 is 0 Å². The minimum absolute atomic E-state index is 0.131. The van der Waals surface area contributed by atoms with Gasteiger partial charge in [0.25, 0.3) is 0 Å². The van der Waals surface area contributed by atoms with Crippen LogP contribution < -0.4 is 4.90 Å². The minimum Gasteiger partial charge on any atom is -0.443 e. The fourth-order valence-corrected chi connectivity index (χ4v) is 5.82. The lowest BCUT2D eigenvalue weighted by molar-refractivity contribution is -0.0147. The number of ether oxygens (including phenoxy) is 1. The normalized spacial score (nSPS) is 19.6. The highest BCUT2D eigenvalue weighted by Gasteiger charge is 2.41. The first-order chi connectivity index (χ1) is 18.4. The SMILES string of the molecule is [C-]#[N+]c1ccc(-c2cc3n(c2)Cc2cc(N4C[C@@H](CN5CCC5(C)C)OC4=O)ccc2-n2ccnc2-3)cc1. The van der Waals surface area contributed by atoms with Crippen LogP contribution in [0.2, 0.25) is 0 Å². The second-order valence-electron chi connectivity index (χ2n) is 11.0. The summed E-state index contributed by atoms with van der Waals surface area (Å²) in [6.07, 6.45) is 6.70. The van der Waals surface area contributed by atoms with Crippen molar-refractivity contribution in [3.63, 3.8) is 0 Å². The molecule has 0 unspecified atom stereocenters. The molecule has 5 heterocycles. The third-order valence-electron chi connectivity index (χ3n) is 8.22. The van der Waals surface area contributed by atoms with Crippen LogP contribution in [0.1, 0.15) is 25.8 Å². The number of anilines is 1. The molecule has 2 fully saturated rings. The van der Waals surface area contributed by atoms with Crippen molar-refractivity contribution < 1.29 is 9.53 Å². The number of cyclic esters (lactones) is 1. The first-order valence-corrected chi connectivity index (χ1v) is 13.0. The Morgan fingerprint density at radius 3 is 2.71 bits per heavy atom. The zero-order valence-electron chi connectivity index (χ0n) is 21.5. The van der Waals surface area contributed by atoms with Crippen molar-refractivity contribution in [1.29, 1.82) is 0 Å². The van der Waals surface area contributed by atoms with Gasteiger partial charge in [-0.2, -0.15) is 0 Å². The monoisotopic (exact) mass is 504 g/mol. The lowest BCUT2D eigenvalue weighted by atomic mass is 9.88. The molecule has 2 aromatic heterocycles. The summed E-state index contributed by atoms with van der Waals surface area (Å²) in [5, 5.41) is 0. The Morgan fingerprint density at radius 2 is 1.97 bits per heavy atom. The molecule has 1 atom stereocenters. The van der Waals surface area contributed by atoms with E-state index in [9.17, 15) is 4.79 Å². The van der Waals surface area contributed by atoms with Crippen LogP contribution in [0.4, 0.5) is 16.2 Å². The molecule has 8 heteroatoms. The third-order valence-corrected chi connectivity index (χ3v) is 8.22. The number of likely N-dealkylation sites (tertiary alicyclic amines) is 1. The molecule has 0 N–H and O–H groups in total. The number of benzene rings is 2. The maximum Gasteiger partial charge on any atom is 0.414 e. The number of aromatic nitrogens is 3. The summed E-state index contributed by atoms with van der Waals surface area (Å²) in [7, 11) is 0. The van der Waals surface area contributed by atoms with Gasteiger partial charge >= 0.3 is 6.09 Å². The number of imidazole rings is 1. The lowest BCUT2D eigenvalue weighted by Gasteiger charge is -2.49. The molecule has 8 nitrogen and oxygen atoms in total. The Labute approximate surface area is 221 Å². The Hall–Kier alpha value is -4.35. The van der Waals surface area contributed by atoms with Crippen LogP contribution in [-0.4, -0.2) is 56.4 Å². The van der Waals surface area contributed by atoms with Gasteiger partial charge in [0.1, 0.15) is 6.10 Å². The van der Waals surface area contributed by atoms with Crippen molar-refractivity contribution in [1.82, 2.24) is 19.0 Å². The number of hydrogen-bond donors (Lipinski definition) is 0. The van der Waals surface area contributed by atoms with Crippen LogP contribution in [0, 0.1) is 6.57 Å². The molecule has 4 aromatic rings. The van der Waals surface area contributed by atoms with E-state index in [0.717, 1.165) is 52.7 Å². The van der Waals surface area contributed by atoms with E-state index in [1.807, 2.05) is 42.7 Å². The highest BCUT2D eigenvalue weighted by atomic mass is 16.6. The molecule has 7 rings (SSSR count). The number of rotatable bonds is 4. The van der Waals surface area contributed by atoms with Crippen molar-refractivity contribution in [3.8, 4) is 28.3 Å². The van der Waals surface area contributed by atoms with Gasteiger partial charge in [0.2, 0.25) is 0 Å². The summed E-state index contributed by atoms with van der Waals surface area (Å²) in [6.45, 7) is 14.7. The molecular formula is C30H28N6O2. The van der Waals surface area contributed by atoms with E-state index in [4.69, 9.17) is 11.3 Å². The molecule has 0 spiro atoms. The predicted octanol–water partition coefficient (Wildman–Crippen LogP) is 5.73. The van der Waals surface area contributed by atoms with Crippen molar-refractivity contribution in [2.24, 2.45) is 0 Å². The quantitative estimate of drug-likeness (QED) is 0.293. The van der Waals surface area contributed by atoms with Crippen molar-refractivity contribution in [2.45, 2.75) is 38.5 Å². The predicted molar refractivity (Wildman–Crippen MR) is 146 cm³/mol. The molecule has 0 bridgehead atoms. The van der Waals surface area contributed by atoms with Crippen LogP contribution in [0.25, 0.3) is 33.2 Å². The average Bonchev–Trinajstić information content (AvgIpc) is 3.64. The van der Waals surface area contributed by atoms with Gasteiger partial charge in [0.05, 0.1) is 24.5 Å². The number of nitrogens with zero attached hydrogens (tertiary/aromatic N) is 6. The second kappa shape index (κ2) is 8.33. The van der Waals surface area contributed by atoms with Gasteiger partial charge in [-0.25, -0.2) is 14.6 Å². The highest BCUT2D eigenvalue weighted by molar-refractivity contribution is 5.90. The summed E-state index contributed by atoms with van der Waals surface area (Å²) in [5.41, 5.74) is 6.97. The molecule has 1 amide bonds. The zero-order chi connectivity index (χ0) is 26.0. The van der Waals surface area contributed by atoms with Crippen molar-refractivity contribution in [3.05, 3.63) is 84.1 Å². The van der Waals surface area contributed by atoms with E-state index in [1.165, 1.54) is 6.42 Å². The van der Waals surface area contributed by atoms with E-state index in [1.54, 1.807) is 4.90 Å². The van der Waals surface area contributed by atoms with Gasteiger partial charge in [-0.05, 0) is 55.7 Å². The second-order valence-corrected chi connectivity index (χ2v) is 11.0. The molecule has 0 saturated carbocycles. The van der Waals surface area contributed by atoms with Gasteiger partial charge in [0.15, 0.2) is 11.5 Å². The molecule has 3 aliphatic rings. The van der Waals surface area contributed by atoms with E-state index in [-0.39, 0.29) is 17.7 Å². The van der Waals surface area contributed by atoms with E-state index >= 15 is 0 Å². The van der Waals surface area contributed by atoms with Crippen molar-refractivity contribution >= 4 is 17.5 Å². The summed E-state index contributed by atoms with van der Waals surface area (Å²) in [5.74, 6) is 0.873. The molecule has 38 heavy (non-hydrogen) atoms. The largest absolute Gasteiger partial charge is 0.443 e. The summed E-state index contributed by atoms with van der Waals surface area (Å²) < 4.78 is 10.1. The summed E-state index contributed by atoms with van der Waals surface area (Å²) in [4.78, 5) is 25.2. The van der Waals surface area contributed by atoms with Crippen molar-refractivity contribution in [2.75, 3.05) is 24.5 Å². The smallest absolute Gasteiger partial charge is 0.414 e. The number of fused-ring (bicyclic) bond motifs is 5. The van der Waals surface area contributed by atoms with Gasteiger partial charge < -0.3 is 9.30 Å². The lowest BCUT2D eigenvalue weighted by Crippen LogP contribution is -2.58. The van der Waals surface area contributed by atoms with E-state index in [0.29, 0.717) is 18.8 Å². The molecule has 2 aromatic carbocycles. The Balaban J connectivity index is 1.20. The number of carbonyl (C=O) groups is 1. The first kappa shape index (κ1) is 22.8. The fourth-order valence-electron chi connectivity index (χ4n) is 5.82. The highest BCUT2D eigenvalue weighted by Crippen LogP contribution is 2.37. The summed E-state index contributed by atoms with van der Waals surface area (Å²) in [6, 6.07) is 16.0. The number of amides is 1. The Kier molecular flexibility index (Phi) is 5.00. The topological polar surface area (TPSA) is 59.9 Å². The number of hydrogen-bond acceptors (Lipinski definition) is 4. The van der Waals surface area contributed by atoms with E-state index < -0.39 is 0 Å². The third kappa shape index (κ3) is 3.62.